The number of hydrogen-bond donors (Lipinski definition) is 2. The van der Waals surface area contributed by atoms with Crippen LogP contribution in [0.5, 0.6) is 0 Å². The van der Waals surface area contributed by atoms with Crippen LogP contribution in [-0.4, -0.2) is 31.5 Å². The highest BCUT2D eigenvalue weighted by Crippen LogP contribution is 2.48. The van der Waals surface area contributed by atoms with Crippen LogP contribution >= 0.6 is 27.3 Å². The van der Waals surface area contributed by atoms with E-state index in [0.29, 0.717) is 6.42 Å². The molecule has 3 rings (SSSR count). The molecule has 0 bridgehead atoms. The molecule has 1 fully saturated rings. The maximum Gasteiger partial charge on any atom is 0.239 e. The molecule has 2 aliphatic rings. The van der Waals surface area contributed by atoms with E-state index < -0.39 is 15.6 Å². The predicted molar refractivity (Wildman–Crippen MR) is 69.8 cm³/mol. The van der Waals surface area contributed by atoms with Crippen molar-refractivity contribution in [2.45, 2.75) is 12.0 Å². The minimum Gasteiger partial charge on any atom is -0.344 e. The van der Waals surface area contributed by atoms with Crippen molar-refractivity contribution in [3.8, 4) is 0 Å². The van der Waals surface area contributed by atoms with Crippen molar-refractivity contribution in [1.29, 1.82) is 5.41 Å². The number of sulfonamides is 1. The van der Waals surface area contributed by atoms with E-state index in [1.54, 1.807) is 0 Å². The Bertz CT molecular complexity index is 624. The van der Waals surface area contributed by atoms with Crippen LogP contribution in [0, 0.1) is 5.41 Å². The topological polar surface area (TPSA) is 73.3 Å². The Hall–Kier alpha value is -0.600. The first kappa shape index (κ1) is 11.5. The lowest BCUT2D eigenvalue weighted by Gasteiger charge is -2.47. The van der Waals surface area contributed by atoms with Crippen LogP contribution in [0.1, 0.15) is 10.4 Å². The van der Waals surface area contributed by atoms with Crippen LogP contribution in [0.15, 0.2) is 9.85 Å². The molecule has 0 saturated carbocycles. The molecule has 0 aromatic carbocycles. The van der Waals surface area contributed by atoms with E-state index in [1.807, 2.05) is 6.07 Å². The predicted octanol–water partition coefficient (Wildman–Crippen LogP) is 1.06. The largest absolute Gasteiger partial charge is 0.344 e. The van der Waals surface area contributed by atoms with Gasteiger partial charge >= 0.3 is 0 Å². The molecule has 0 amide bonds. The maximum absolute atomic E-state index is 12.0. The summed E-state index contributed by atoms with van der Waals surface area (Å²) in [5, 5.41) is 10.7. The fraction of sp³-hybridized carbons (Fsp3) is 0.444. The van der Waals surface area contributed by atoms with Crippen molar-refractivity contribution in [3.05, 3.63) is 20.3 Å². The first-order valence-corrected chi connectivity index (χ1v) is 8.18. The number of halogens is 1. The third kappa shape index (κ3) is 1.47. The van der Waals surface area contributed by atoms with Crippen LogP contribution in [0.3, 0.4) is 0 Å². The standard InChI is InChI=1S/C9H10BrN3O2S2/c1-13-8(11)12-9(4-17(13,14)15)3-5-2-6(10)16-7(5)9/h2H,3-4H2,1H3,(H2,11,12)/t9-/m0/s1. The van der Waals surface area contributed by atoms with Crippen molar-refractivity contribution < 1.29 is 8.42 Å². The van der Waals surface area contributed by atoms with Gasteiger partial charge in [-0.15, -0.1) is 11.3 Å². The van der Waals surface area contributed by atoms with Crippen LogP contribution in [0.25, 0.3) is 0 Å². The maximum atomic E-state index is 12.0. The van der Waals surface area contributed by atoms with Gasteiger partial charge in [-0.3, -0.25) is 5.41 Å². The zero-order chi connectivity index (χ0) is 12.4. The molecule has 0 radical (unpaired) electrons. The third-order valence-corrected chi connectivity index (χ3v) is 6.98. The number of rotatable bonds is 0. The zero-order valence-electron chi connectivity index (χ0n) is 8.95. The summed E-state index contributed by atoms with van der Waals surface area (Å²) < 4.78 is 25.9. The molecule has 1 spiro atoms. The summed E-state index contributed by atoms with van der Waals surface area (Å²) >= 11 is 4.95. The van der Waals surface area contributed by atoms with E-state index in [2.05, 4.69) is 21.2 Å². The van der Waals surface area contributed by atoms with E-state index in [0.717, 1.165) is 13.0 Å². The van der Waals surface area contributed by atoms with E-state index >= 15 is 0 Å². The normalized spacial score (nSPS) is 29.8. The van der Waals surface area contributed by atoms with Gasteiger partial charge < -0.3 is 5.32 Å². The Kier molecular flexibility index (Phi) is 2.19. The van der Waals surface area contributed by atoms with Gasteiger partial charge in [0.25, 0.3) is 0 Å². The first-order chi connectivity index (χ1) is 7.84. The molecule has 1 saturated heterocycles. The number of nitrogens with zero attached hydrogens (tertiary/aromatic N) is 1. The summed E-state index contributed by atoms with van der Waals surface area (Å²) in [6.07, 6.45) is 0.667. The first-order valence-electron chi connectivity index (χ1n) is 4.96. The number of hydrogen-bond acceptors (Lipinski definition) is 4. The second-order valence-electron chi connectivity index (χ2n) is 4.36. The minimum atomic E-state index is -3.37. The Morgan fingerprint density at radius 1 is 1.65 bits per heavy atom. The average Bonchev–Trinajstić information content (AvgIpc) is 2.51. The minimum absolute atomic E-state index is 0.0266. The Labute approximate surface area is 112 Å². The highest BCUT2D eigenvalue weighted by Gasteiger charge is 2.52. The van der Waals surface area contributed by atoms with Gasteiger partial charge in [0.15, 0.2) is 0 Å². The van der Waals surface area contributed by atoms with Crippen molar-refractivity contribution in [2.24, 2.45) is 0 Å². The van der Waals surface area contributed by atoms with Crippen molar-refractivity contribution >= 4 is 43.2 Å². The van der Waals surface area contributed by atoms with Gasteiger partial charge in [0, 0.05) is 18.3 Å². The Balaban J connectivity index is 2.06. The number of fused-ring (bicyclic) bond motifs is 2. The van der Waals surface area contributed by atoms with Gasteiger partial charge in [0.2, 0.25) is 16.0 Å². The molecule has 8 heteroatoms. The summed E-state index contributed by atoms with van der Waals surface area (Å²) in [7, 11) is -1.97. The second kappa shape index (κ2) is 3.24. The lowest BCUT2D eigenvalue weighted by Crippen LogP contribution is -2.65. The fourth-order valence-electron chi connectivity index (χ4n) is 2.34. The molecule has 1 aliphatic heterocycles. The van der Waals surface area contributed by atoms with Crippen molar-refractivity contribution in [2.75, 3.05) is 12.8 Å². The van der Waals surface area contributed by atoms with Crippen LogP contribution in [0.4, 0.5) is 0 Å². The van der Waals surface area contributed by atoms with Crippen molar-refractivity contribution in [3.63, 3.8) is 0 Å². The van der Waals surface area contributed by atoms with Gasteiger partial charge in [-0.2, -0.15) is 0 Å². The van der Waals surface area contributed by atoms with Crippen molar-refractivity contribution in [1.82, 2.24) is 9.62 Å². The van der Waals surface area contributed by atoms with Crippen LogP contribution in [-0.2, 0) is 22.0 Å². The van der Waals surface area contributed by atoms with E-state index in [4.69, 9.17) is 5.41 Å². The van der Waals surface area contributed by atoms with E-state index in [-0.39, 0.29) is 11.7 Å². The van der Waals surface area contributed by atoms with Crippen LogP contribution < -0.4 is 5.32 Å². The highest BCUT2D eigenvalue weighted by molar-refractivity contribution is 9.11. The Morgan fingerprint density at radius 2 is 2.35 bits per heavy atom. The molecule has 1 aliphatic carbocycles. The quantitative estimate of drug-likeness (QED) is 0.744. The van der Waals surface area contributed by atoms with E-state index in [9.17, 15) is 8.42 Å². The highest BCUT2D eigenvalue weighted by atomic mass is 79.9. The lowest BCUT2D eigenvalue weighted by molar-refractivity contribution is 0.352. The van der Waals surface area contributed by atoms with Gasteiger partial charge in [0.05, 0.1) is 15.1 Å². The molecule has 1 atom stereocenters. The fourth-order valence-corrected chi connectivity index (χ4v) is 5.70. The molecule has 5 nitrogen and oxygen atoms in total. The van der Waals surface area contributed by atoms with E-state index in [1.165, 1.54) is 23.9 Å². The number of nitrogens with one attached hydrogen (secondary N) is 2. The molecule has 2 N–H and O–H groups in total. The molecular formula is C9H10BrN3O2S2. The van der Waals surface area contributed by atoms with Gasteiger partial charge in [-0.05, 0) is 27.6 Å². The molecule has 2 heterocycles. The van der Waals surface area contributed by atoms with Crippen LogP contribution in [0.2, 0.25) is 0 Å². The lowest BCUT2D eigenvalue weighted by atomic mass is 9.78. The molecule has 17 heavy (non-hydrogen) atoms. The SMILES string of the molecule is CN1C(=N)N[C@@]2(Cc3cc(Br)sc32)CS1(=O)=O. The molecule has 1 aromatic heterocycles. The van der Waals surface area contributed by atoms with Gasteiger partial charge in [-0.25, -0.2) is 12.7 Å². The molecule has 92 valence electrons. The second-order valence-corrected chi connectivity index (χ2v) is 8.79. The molecule has 0 unspecified atom stereocenters. The smallest absolute Gasteiger partial charge is 0.239 e. The summed E-state index contributed by atoms with van der Waals surface area (Å²) in [4.78, 5) is 1.03. The number of guanidine groups is 1. The summed E-state index contributed by atoms with van der Waals surface area (Å²) in [6.45, 7) is 0. The zero-order valence-corrected chi connectivity index (χ0v) is 12.2. The molecular weight excluding hydrogens is 326 g/mol. The summed E-state index contributed by atoms with van der Waals surface area (Å²) in [5.74, 6) is -0.0230. The monoisotopic (exact) mass is 335 g/mol. The third-order valence-electron chi connectivity index (χ3n) is 3.22. The van der Waals surface area contributed by atoms with Gasteiger partial charge in [-0.1, -0.05) is 0 Å². The van der Waals surface area contributed by atoms with Gasteiger partial charge in [0.1, 0.15) is 0 Å². The molecule has 1 aromatic rings. The Morgan fingerprint density at radius 3 is 2.94 bits per heavy atom. The summed E-state index contributed by atoms with van der Waals surface area (Å²) in [5.41, 5.74) is 0.593. The number of thiophene rings is 1. The average molecular weight is 336 g/mol. The summed E-state index contributed by atoms with van der Waals surface area (Å²) in [6, 6.07) is 2.02.